The van der Waals surface area contributed by atoms with Crippen LogP contribution in [0, 0.1) is 5.82 Å². The number of halogens is 1. The number of amides is 1. The molecule has 0 unspecified atom stereocenters. The normalized spacial score (nSPS) is 10.1. The Morgan fingerprint density at radius 1 is 1.47 bits per heavy atom. The van der Waals surface area contributed by atoms with Crippen molar-refractivity contribution in [2.24, 2.45) is 5.73 Å². The summed E-state index contributed by atoms with van der Waals surface area (Å²) in [7, 11) is 1.38. The lowest BCUT2D eigenvalue weighted by Gasteiger charge is -2.07. The molecule has 0 saturated carbocycles. The van der Waals surface area contributed by atoms with E-state index in [0.29, 0.717) is 18.7 Å². The number of nitrogens with two attached hydrogens (primary N) is 1. The quantitative estimate of drug-likeness (QED) is 0.746. The van der Waals surface area contributed by atoms with Crippen molar-refractivity contribution in [2.75, 3.05) is 19.0 Å². The number of unbranched alkanes of at least 4 members (excludes halogenated alkanes) is 1. The third kappa shape index (κ3) is 4.40. The molecule has 17 heavy (non-hydrogen) atoms. The summed E-state index contributed by atoms with van der Waals surface area (Å²) in [6.07, 6.45) is 1.98. The number of methoxy groups -OCH3 is 1. The summed E-state index contributed by atoms with van der Waals surface area (Å²) >= 11 is 0. The SMILES string of the molecule is COc1cc(NC(=O)CCCCN)ccc1F. The summed E-state index contributed by atoms with van der Waals surface area (Å²) < 4.78 is 17.9. The van der Waals surface area contributed by atoms with Crippen molar-refractivity contribution < 1.29 is 13.9 Å². The average molecular weight is 240 g/mol. The molecule has 0 heterocycles. The van der Waals surface area contributed by atoms with Crippen LogP contribution in [-0.4, -0.2) is 19.6 Å². The van der Waals surface area contributed by atoms with Gasteiger partial charge in [0.25, 0.3) is 0 Å². The van der Waals surface area contributed by atoms with E-state index in [9.17, 15) is 9.18 Å². The number of nitrogens with one attached hydrogen (secondary N) is 1. The lowest BCUT2D eigenvalue weighted by Crippen LogP contribution is -2.12. The number of carbonyl (C=O) groups is 1. The summed E-state index contributed by atoms with van der Waals surface area (Å²) in [5, 5.41) is 2.68. The number of hydrogen-bond donors (Lipinski definition) is 2. The van der Waals surface area contributed by atoms with Crippen molar-refractivity contribution in [3.8, 4) is 5.75 Å². The molecule has 1 amide bonds. The molecule has 0 radical (unpaired) electrons. The average Bonchev–Trinajstić information content (AvgIpc) is 2.32. The van der Waals surface area contributed by atoms with Gasteiger partial charge in [-0.3, -0.25) is 4.79 Å². The number of hydrogen-bond acceptors (Lipinski definition) is 3. The molecule has 0 aliphatic rings. The number of rotatable bonds is 6. The van der Waals surface area contributed by atoms with Crippen LogP contribution in [0.4, 0.5) is 10.1 Å². The fraction of sp³-hybridized carbons (Fsp3) is 0.417. The largest absolute Gasteiger partial charge is 0.494 e. The number of carbonyl (C=O) groups excluding carboxylic acids is 1. The topological polar surface area (TPSA) is 64.3 Å². The van der Waals surface area contributed by atoms with Gasteiger partial charge in [-0.05, 0) is 31.5 Å². The molecule has 94 valence electrons. The fourth-order valence-electron chi connectivity index (χ4n) is 1.39. The van der Waals surface area contributed by atoms with Crippen molar-refractivity contribution in [3.63, 3.8) is 0 Å². The summed E-state index contributed by atoms with van der Waals surface area (Å²) in [5.74, 6) is -0.439. The monoisotopic (exact) mass is 240 g/mol. The predicted octanol–water partition coefficient (Wildman–Crippen LogP) is 1.90. The molecule has 0 fully saturated rings. The molecule has 0 saturated heterocycles. The molecule has 0 spiro atoms. The predicted molar refractivity (Wildman–Crippen MR) is 64.5 cm³/mol. The van der Waals surface area contributed by atoms with Crippen molar-refractivity contribution in [1.29, 1.82) is 0 Å². The first-order valence-electron chi connectivity index (χ1n) is 5.51. The molecule has 1 rings (SSSR count). The molecule has 0 atom stereocenters. The zero-order valence-corrected chi connectivity index (χ0v) is 9.83. The highest BCUT2D eigenvalue weighted by atomic mass is 19.1. The molecule has 5 heteroatoms. The molecule has 3 N–H and O–H groups in total. The second kappa shape index (κ2) is 6.85. The summed E-state index contributed by atoms with van der Waals surface area (Å²) in [6, 6.07) is 4.21. The van der Waals surface area contributed by atoms with E-state index in [1.807, 2.05) is 0 Å². The van der Waals surface area contributed by atoms with E-state index in [0.717, 1.165) is 12.8 Å². The first-order chi connectivity index (χ1) is 8.17. The van der Waals surface area contributed by atoms with Gasteiger partial charge < -0.3 is 15.8 Å². The highest BCUT2D eigenvalue weighted by Gasteiger charge is 2.06. The van der Waals surface area contributed by atoms with Gasteiger partial charge in [0, 0.05) is 18.2 Å². The highest BCUT2D eigenvalue weighted by Crippen LogP contribution is 2.21. The van der Waals surface area contributed by atoms with Crippen LogP contribution in [0.15, 0.2) is 18.2 Å². The van der Waals surface area contributed by atoms with Gasteiger partial charge in [-0.1, -0.05) is 0 Å². The van der Waals surface area contributed by atoms with E-state index >= 15 is 0 Å². The standard InChI is InChI=1S/C12H17FN2O2/c1-17-11-8-9(5-6-10(11)13)15-12(16)4-2-3-7-14/h5-6,8H,2-4,7,14H2,1H3,(H,15,16). The Morgan fingerprint density at radius 2 is 2.24 bits per heavy atom. The van der Waals surface area contributed by atoms with Crippen molar-refractivity contribution in [1.82, 2.24) is 0 Å². The van der Waals surface area contributed by atoms with Crippen LogP contribution in [-0.2, 0) is 4.79 Å². The lowest BCUT2D eigenvalue weighted by atomic mass is 10.2. The Bertz CT molecular complexity index is 383. The molecular weight excluding hydrogens is 223 g/mol. The second-order valence-corrected chi connectivity index (χ2v) is 3.64. The summed E-state index contributed by atoms with van der Waals surface area (Å²) in [4.78, 5) is 11.5. The summed E-state index contributed by atoms with van der Waals surface area (Å²) in [6.45, 7) is 0.581. The lowest BCUT2D eigenvalue weighted by molar-refractivity contribution is -0.116. The molecule has 1 aromatic carbocycles. The maximum Gasteiger partial charge on any atom is 0.224 e. The number of anilines is 1. The van der Waals surface area contributed by atoms with Gasteiger partial charge in [-0.15, -0.1) is 0 Å². The Labute approximate surface area is 100.0 Å². The first kappa shape index (κ1) is 13.4. The minimum Gasteiger partial charge on any atom is -0.494 e. The molecular formula is C12H17FN2O2. The zero-order valence-electron chi connectivity index (χ0n) is 9.83. The number of benzene rings is 1. The molecule has 0 aliphatic carbocycles. The van der Waals surface area contributed by atoms with Crippen LogP contribution < -0.4 is 15.8 Å². The maximum absolute atomic E-state index is 13.1. The van der Waals surface area contributed by atoms with E-state index in [2.05, 4.69) is 5.32 Å². The molecule has 0 bridgehead atoms. The fourth-order valence-corrected chi connectivity index (χ4v) is 1.39. The van der Waals surface area contributed by atoms with Crippen molar-refractivity contribution >= 4 is 11.6 Å². The molecule has 1 aromatic rings. The van der Waals surface area contributed by atoms with Crippen LogP contribution in [0.3, 0.4) is 0 Å². The van der Waals surface area contributed by atoms with Gasteiger partial charge in [0.2, 0.25) is 5.91 Å². The van der Waals surface area contributed by atoms with Gasteiger partial charge in [-0.2, -0.15) is 0 Å². The van der Waals surface area contributed by atoms with E-state index in [1.165, 1.54) is 25.3 Å². The van der Waals surface area contributed by atoms with E-state index < -0.39 is 5.82 Å². The molecule has 0 aliphatic heterocycles. The summed E-state index contributed by atoms with van der Waals surface area (Å²) in [5.41, 5.74) is 5.86. The van der Waals surface area contributed by atoms with Gasteiger partial charge in [0.15, 0.2) is 11.6 Å². The Kier molecular flexibility index (Phi) is 5.42. The Balaban J connectivity index is 2.53. The Morgan fingerprint density at radius 3 is 2.88 bits per heavy atom. The third-order valence-corrected chi connectivity index (χ3v) is 2.29. The van der Waals surface area contributed by atoms with Gasteiger partial charge >= 0.3 is 0 Å². The van der Waals surface area contributed by atoms with Crippen LogP contribution in [0.25, 0.3) is 0 Å². The molecule has 0 aromatic heterocycles. The van der Waals surface area contributed by atoms with Crippen LogP contribution in [0.5, 0.6) is 5.75 Å². The number of ether oxygens (including phenoxy) is 1. The smallest absolute Gasteiger partial charge is 0.224 e. The maximum atomic E-state index is 13.1. The minimum atomic E-state index is -0.450. The van der Waals surface area contributed by atoms with E-state index in [1.54, 1.807) is 0 Å². The minimum absolute atomic E-state index is 0.105. The van der Waals surface area contributed by atoms with E-state index in [4.69, 9.17) is 10.5 Å². The van der Waals surface area contributed by atoms with Gasteiger partial charge in [-0.25, -0.2) is 4.39 Å². The molecule has 4 nitrogen and oxygen atoms in total. The highest BCUT2D eigenvalue weighted by molar-refractivity contribution is 5.90. The Hall–Kier alpha value is -1.62. The van der Waals surface area contributed by atoms with Crippen LogP contribution >= 0.6 is 0 Å². The van der Waals surface area contributed by atoms with Crippen molar-refractivity contribution in [3.05, 3.63) is 24.0 Å². The zero-order chi connectivity index (χ0) is 12.7. The van der Waals surface area contributed by atoms with Crippen LogP contribution in [0.2, 0.25) is 0 Å². The third-order valence-electron chi connectivity index (χ3n) is 2.29. The van der Waals surface area contributed by atoms with Gasteiger partial charge in [0.05, 0.1) is 7.11 Å². The van der Waals surface area contributed by atoms with Crippen molar-refractivity contribution in [2.45, 2.75) is 19.3 Å². The first-order valence-corrected chi connectivity index (χ1v) is 5.51. The van der Waals surface area contributed by atoms with Crippen LogP contribution in [0.1, 0.15) is 19.3 Å². The van der Waals surface area contributed by atoms with E-state index in [-0.39, 0.29) is 11.7 Å². The van der Waals surface area contributed by atoms with Gasteiger partial charge in [0.1, 0.15) is 0 Å². The second-order valence-electron chi connectivity index (χ2n) is 3.64.